The van der Waals surface area contributed by atoms with E-state index in [0.717, 1.165) is 27.7 Å². The van der Waals surface area contributed by atoms with Crippen LogP contribution < -0.4 is 11.1 Å². The fourth-order valence-electron chi connectivity index (χ4n) is 2.55. The first-order valence-corrected chi connectivity index (χ1v) is 7.17. The van der Waals surface area contributed by atoms with Gasteiger partial charge in [-0.1, -0.05) is 42.5 Å². The van der Waals surface area contributed by atoms with Crippen molar-refractivity contribution in [2.45, 2.75) is 6.92 Å². The highest BCUT2D eigenvalue weighted by molar-refractivity contribution is 6.12. The van der Waals surface area contributed by atoms with Gasteiger partial charge in [-0.3, -0.25) is 15.5 Å². The maximum atomic E-state index is 12.4. The summed E-state index contributed by atoms with van der Waals surface area (Å²) in [6.07, 6.45) is 0. The van der Waals surface area contributed by atoms with Crippen LogP contribution in [0.4, 0.5) is 0 Å². The van der Waals surface area contributed by atoms with E-state index in [0.29, 0.717) is 5.56 Å². The Morgan fingerprint density at radius 3 is 2.57 bits per heavy atom. The van der Waals surface area contributed by atoms with E-state index in [1.807, 2.05) is 55.5 Å². The van der Waals surface area contributed by atoms with Gasteiger partial charge < -0.3 is 5.73 Å². The van der Waals surface area contributed by atoms with Crippen LogP contribution in [0.5, 0.6) is 0 Å². The predicted molar refractivity (Wildman–Crippen MR) is 91.3 cm³/mol. The van der Waals surface area contributed by atoms with E-state index < -0.39 is 5.91 Å². The minimum absolute atomic E-state index is 0.381. The van der Waals surface area contributed by atoms with Gasteiger partial charge in [0.15, 0.2) is 5.96 Å². The van der Waals surface area contributed by atoms with E-state index in [2.05, 4.69) is 10.3 Å². The molecular weight excluding hydrogens is 288 g/mol. The van der Waals surface area contributed by atoms with Crippen molar-refractivity contribution in [3.05, 3.63) is 65.7 Å². The number of nitrogens with two attached hydrogens (primary N) is 1. The van der Waals surface area contributed by atoms with Crippen LogP contribution in [0.3, 0.4) is 0 Å². The van der Waals surface area contributed by atoms with Gasteiger partial charge in [-0.05, 0) is 24.6 Å². The zero-order chi connectivity index (χ0) is 16.4. The minimum atomic E-state index is -0.411. The number of nitrogens with one attached hydrogen (secondary N) is 2. The number of benzene rings is 2. The number of hydrogen-bond acceptors (Lipinski definition) is 3. The molecule has 5 heteroatoms. The lowest BCUT2D eigenvalue weighted by molar-refractivity contribution is 0.0978. The van der Waals surface area contributed by atoms with E-state index in [4.69, 9.17) is 11.1 Å². The van der Waals surface area contributed by atoms with Crippen LogP contribution >= 0.6 is 0 Å². The van der Waals surface area contributed by atoms with Crippen molar-refractivity contribution in [2.75, 3.05) is 0 Å². The van der Waals surface area contributed by atoms with Crippen molar-refractivity contribution < 1.29 is 4.79 Å². The highest BCUT2D eigenvalue weighted by Crippen LogP contribution is 2.26. The number of amides is 1. The van der Waals surface area contributed by atoms with Gasteiger partial charge in [0, 0.05) is 10.9 Å². The van der Waals surface area contributed by atoms with Crippen LogP contribution in [0.25, 0.3) is 22.2 Å². The van der Waals surface area contributed by atoms with E-state index in [-0.39, 0.29) is 5.96 Å². The average molecular weight is 304 g/mol. The standard InChI is InChI=1S/C18H16N4O/c1-11-6-2-3-7-12(11)16-10-14(17(23)22-18(19)20)13-8-4-5-9-15(13)21-16/h2-10H,1H3,(H4,19,20,22,23). The Bertz CT molecular complexity index is 918. The van der Waals surface area contributed by atoms with Crippen molar-refractivity contribution >= 4 is 22.8 Å². The van der Waals surface area contributed by atoms with E-state index >= 15 is 0 Å². The number of carbonyl (C=O) groups excluding carboxylic acids is 1. The summed E-state index contributed by atoms with van der Waals surface area (Å²) in [5.41, 5.74) is 9.22. The maximum Gasteiger partial charge on any atom is 0.258 e. The minimum Gasteiger partial charge on any atom is -0.370 e. The molecular formula is C18H16N4O. The van der Waals surface area contributed by atoms with Crippen molar-refractivity contribution in [3.8, 4) is 11.3 Å². The lowest BCUT2D eigenvalue weighted by Crippen LogP contribution is -2.35. The Morgan fingerprint density at radius 1 is 1.13 bits per heavy atom. The Hall–Kier alpha value is -3.21. The summed E-state index contributed by atoms with van der Waals surface area (Å²) in [6.45, 7) is 2.00. The second-order valence-electron chi connectivity index (χ2n) is 5.25. The third kappa shape index (κ3) is 2.89. The number of rotatable bonds is 2. The second-order valence-corrected chi connectivity index (χ2v) is 5.25. The fourth-order valence-corrected chi connectivity index (χ4v) is 2.55. The van der Waals surface area contributed by atoms with Crippen molar-refractivity contribution in [2.24, 2.45) is 5.73 Å². The fraction of sp³-hybridized carbons (Fsp3) is 0.0556. The molecule has 0 aliphatic rings. The molecule has 2 aromatic carbocycles. The van der Waals surface area contributed by atoms with Gasteiger partial charge in [-0.15, -0.1) is 0 Å². The molecule has 0 aliphatic carbocycles. The zero-order valence-corrected chi connectivity index (χ0v) is 12.6. The topological polar surface area (TPSA) is 91.9 Å². The lowest BCUT2D eigenvalue weighted by Gasteiger charge is -2.11. The Morgan fingerprint density at radius 2 is 1.83 bits per heavy atom. The Labute approximate surface area is 133 Å². The van der Waals surface area contributed by atoms with Crippen LogP contribution in [-0.4, -0.2) is 16.9 Å². The summed E-state index contributed by atoms with van der Waals surface area (Å²) in [5.74, 6) is -0.792. The normalized spacial score (nSPS) is 10.5. The van der Waals surface area contributed by atoms with E-state index in [9.17, 15) is 4.79 Å². The summed E-state index contributed by atoms with van der Waals surface area (Å²) < 4.78 is 0. The lowest BCUT2D eigenvalue weighted by atomic mass is 10.0. The van der Waals surface area contributed by atoms with Gasteiger partial charge in [0.1, 0.15) is 0 Å². The number of aryl methyl sites for hydroxylation is 1. The van der Waals surface area contributed by atoms with Crippen LogP contribution in [0.15, 0.2) is 54.6 Å². The molecule has 0 atom stereocenters. The molecule has 1 amide bonds. The van der Waals surface area contributed by atoms with Crippen molar-refractivity contribution in [1.29, 1.82) is 5.41 Å². The van der Waals surface area contributed by atoms with Gasteiger partial charge >= 0.3 is 0 Å². The molecule has 5 nitrogen and oxygen atoms in total. The molecule has 3 aromatic rings. The smallest absolute Gasteiger partial charge is 0.258 e. The maximum absolute atomic E-state index is 12.4. The summed E-state index contributed by atoms with van der Waals surface area (Å²) >= 11 is 0. The SMILES string of the molecule is Cc1ccccc1-c1cc(C(=O)NC(=N)N)c2ccccc2n1. The number of carbonyl (C=O) groups is 1. The number of fused-ring (bicyclic) bond motifs is 1. The summed E-state index contributed by atoms with van der Waals surface area (Å²) in [6, 6.07) is 17.0. The number of nitrogens with zero attached hydrogens (tertiary/aromatic N) is 1. The van der Waals surface area contributed by atoms with Crippen LogP contribution in [-0.2, 0) is 0 Å². The molecule has 4 N–H and O–H groups in total. The highest BCUT2D eigenvalue weighted by Gasteiger charge is 2.15. The van der Waals surface area contributed by atoms with E-state index in [1.165, 1.54) is 0 Å². The second kappa shape index (κ2) is 5.88. The van der Waals surface area contributed by atoms with Gasteiger partial charge in [-0.25, -0.2) is 4.98 Å². The molecule has 0 radical (unpaired) electrons. The van der Waals surface area contributed by atoms with Crippen LogP contribution in [0.1, 0.15) is 15.9 Å². The molecule has 0 spiro atoms. The Kier molecular flexibility index (Phi) is 3.76. The quantitative estimate of drug-likeness (QED) is 0.502. The third-order valence-corrected chi connectivity index (χ3v) is 3.63. The largest absolute Gasteiger partial charge is 0.370 e. The van der Waals surface area contributed by atoms with Crippen LogP contribution in [0, 0.1) is 12.3 Å². The van der Waals surface area contributed by atoms with Crippen molar-refractivity contribution in [1.82, 2.24) is 10.3 Å². The first-order chi connectivity index (χ1) is 11.1. The molecule has 1 aromatic heterocycles. The number of guanidine groups is 1. The molecule has 0 saturated heterocycles. The predicted octanol–water partition coefficient (Wildman–Crippen LogP) is 2.83. The summed E-state index contributed by atoms with van der Waals surface area (Å²) in [5, 5.41) is 10.3. The molecule has 114 valence electrons. The molecule has 3 rings (SSSR count). The first kappa shape index (κ1) is 14.7. The zero-order valence-electron chi connectivity index (χ0n) is 12.6. The van der Waals surface area contributed by atoms with Gasteiger partial charge in [-0.2, -0.15) is 0 Å². The first-order valence-electron chi connectivity index (χ1n) is 7.17. The molecule has 23 heavy (non-hydrogen) atoms. The van der Waals surface area contributed by atoms with E-state index in [1.54, 1.807) is 6.07 Å². The molecule has 0 saturated carbocycles. The van der Waals surface area contributed by atoms with Gasteiger partial charge in [0.25, 0.3) is 5.91 Å². The highest BCUT2D eigenvalue weighted by atomic mass is 16.1. The molecule has 0 bridgehead atoms. The average Bonchev–Trinajstić information content (AvgIpc) is 2.53. The number of hydrogen-bond donors (Lipinski definition) is 3. The molecule has 0 unspecified atom stereocenters. The molecule has 0 aliphatic heterocycles. The summed E-state index contributed by atoms with van der Waals surface area (Å²) in [4.78, 5) is 17.0. The van der Waals surface area contributed by atoms with Crippen molar-refractivity contribution in [3.63, 3.8) is 0 Å². The molecule has 0 fully saturated rings. The van der Waals surface area contributed by atoms with Crippen LogP contribution in [0.2, 0.25) is 0 Å². The monoisotopic (exact) mass is 304 g/mol. The molecule has 1 heterocycles. The number of pyridine rings is 1. The van der Waals surface area contributed by atoms with Gasteiger partial charge in [0.05, 0.1) is 16.8 Å². The Balaban J connectivity index is 2.24. The number of aromatic nitrogens is 1. The third-order valence-electron chi connectivity index (χ3n) is 3.63. The summed E-state index contributed by atoms with van der Waals surface area (Å²) in [7, 11) is 0. The van der Waals surface area contributed by atoms with Gasteiger partial charge in [0.2, 0.25) is 0 Å². The number of para-hydroxylation sites is 1.